The summed E-state index contributed by atoms with van der Waals surface area (Å²) in [5, 5.41) is 30.7. The van der Waals surface area contributed by atoms with Crippen molar-refractivity contribution in [1.29, 1.82) is 0 Å². The van der Waals surface area contributed by atoms with E-state index in [4.69, 9.17) is 39.8 Å². The summed E-state index contributed by atoms with van der Waals surface area (Å²) < 4.78 is 77.9. The first-order valence-electron chi connectivity index (χ1n) is 8.82. The van der Waals surface area contributed by atoms with E-state index in [1.54, 1.807) is 13.8 Å². The predicted octanol–water partition coefficient (Wildman–Crippen LogP) is -5.88. The van der Waals surface area contributed by atoms with Crippen molar-refractivity contribution in [3.8, 4) is 0 Å². The molecular formula is C14H30N4O10S5. The highest BCUT2D eigenvalue weighted by Crippen LogP contribution is 2.43. The number of rotatable bonds is 2. The lowest BCUT2D eigenvalue weighted by molar-refractivity contribution is -0.111. The van der Waals surface area contributed by atoms with Gasteiger partial charge in [0.1, 0.15) is 0 Å². The number of thioether (sulfide) groups is 2. The largest absolute Gasteiger partial charge is 0.759 e. The molecule has 0 bridgehead atoms. The third-order valence-electron chi connectivity index (χ3n) is 4.96. The zero-order valence-electron chi connectivity index (χ0n) is 18.3. The van der Waals surface area contributed by atoms with Gasteiger partial charge in [-0.25, -0.2) is 16.8 Å². The van der Waals surface area contributed by atoms with Gasteiger partial charge in [-0.05, 0) is 51.2 Å². The molecule has 2 rings (SSSR count). The summed E-state index contributed by atoms with van der Waals surface area (Å²) in [6.45, 7) is 6.30. The first kappa shape index (κ1) is 32.3. The molecule has 0 radical (unpaired) electrons. The second-order valence-corrected chi connectivity index (χ2v) is 16.6. The summed E-state index contributed by atoms with van der Waals surface area (Å²) in [5.41, 5.74) is 8.05. The fourth-order valence-corrected chi connectivity index (χ4v) is 11.4. The molecule has 2 saturated heterocycles. The van der Waals surface area contributed by atoms with E-state index in [0.717, 1.165) is 23.5 Å². The van der Waals surface area contributed by atoms with Crippen molar-refractivity contribution < 1.29 is 55.4 Å². The molecule has 0 aromatic carbocycles. The van der Waals surface area contributed by atoms with Crippen molar-refractivity contribution in [2.24, 2.45) is 11.5 Å². The molecule has 10 N–H and O–H groups in total. The lowest BCUT2D eigenvalue weighted by atomic mass is 9.94. The minimum Gasteiger partial charge on any atom is -0.759 e. The predicted molar refractivity (Wildman–Crippen MR) is 123 cm³/mol. The Morgan fingerprint density at radius 2 is 1.00 bits per heavy atom. The molecule has 0 aromatic rings. The second kappa shape index (κ2) is 10.1. The first-order valence-corrected chi connectivity index (χ1v) is 15.4. The Bertz CT molecular complexity index is 1010. The van der Waals surface area contributed by atoms with Crippen molar-refractivity contribution >= 4 is 63.9 Å². The summed E-state index contributed by atoms with van der Waals surface area (Å²) in [6, 6.07) is 0. The van der Waals surface area contributed by atoms with Crippen molar-refractivity contribution in [1.82, 2.24) is 0 Å². The van der Waals surface area contributed by atoms with Gasteiger partial charge in [-0.15, -0.1) is 0 Å². The third kappa shape index (κ3) is 10.2. The molecule has 0 saturated carbocycles. The van der Waals surface area contributed by atoms with Crippen LogP contribution in [0.4, 0.5) is 0 Å². The maximum absolute atomic E-state index is 11.4. The van der Waals surface area contributed by atoms with Gasteiger partial charge in [0.15, 0.2) is 19.7 Å². The van der Waals surface area contributed by atoms with E-state index in [-0.39, 0.29) is 33.3 Å². The maximum atomic E-state index is 11.4. The first-order chi connectivity index (χ1) is 14.2. The molecule has 0 aromatic heterocycles. The Balaban J connectivity index is 0.000000517. The zero-order valence-corrected chi connectivity index (χ0v) is 22.4. The van der Waals surface area contributed by atoms with Crippen molar-refractivity contribution in [3.63, 3.8) is 0 Å². The molecule has 33 heavy (non-hydrogen) atoms. The standard InChI is InChI=1S/2C7H14N2O3S2.H2O4S/c2*1-6(10)3-14(11,12)4-7(6,2)13-5(8)9;1-5(2,3)4/h2*10H,3-4H2,1-2H3,(H3,8,9);(H2,1,2,3,4). The van der Waals surface area contributed by atoms with Crippen LogP contribution in [0.3, 0.4) is 0 Å². The van der Waals surface area contributed by atoms with Gasteiger partial charge >= 0.3 is 0 Å². The van der Waals surface area contributed by atoms with E-state index in [2.05, 4.69) is 0 Å². The highest BCUT2D eigenvalue weighted by Gasteiger charge is 2.57. The maximum Gasteiger partial charge on any atom is 0.300 e. The topological polar surface area (TPSA) is 292 Å². The van der Waals surface area contributed by atoms with E-state index < -0.39 is 50.8 Å². The summed E-state index contributed by atoms with van der Waals surface area (Å²) in [5.74, 6) is -0.682. The highest BCUT2D eigenvalue weighted by atomic mass is 32.3. The van der Waals surface area contributed by atoms with Gasteiger partial charge in [0.05, 0.1) is 43.7 Å². The van der Waals surface area contributed by atoms with E-state index in [1.165, 1.54) is 13.8 Å². The highest BCUT2D eigenvalue weighted by molar-refractivity contribution is 8.15. The smallest absolute Gasteiger partial charge is 0.300 e. The van der Waals surface area contributed by atoms with Crippen LogP contribution < -0.4 is 22.3 Å². The molecular weight excluding hydrogens is 545 g/mol. The molecule has 14 nitrogen and oxygen atoms in total. The Kier molecular flexibility index (Phi) is 9.93. The van der Waals surface area contributed by atoms with Gasteiger partial charge in [0, 0.05) is 10.4 Å². The summed E-state index contributed by atoms with van der Waals surface area (Å²) in [4.78, 5) is 0. The summed E-state index contributed by atoms with van der Waals surface area (Å²) in [6.07, 6.45) is 0. The lowest BCUT2D eigenvalue weighted by Crippen LogP contribution is -2.52. The lowest BCUT2D eigenvalue weighted by Gasteiger charge is -2.32. The Morgan fingerprint density at radius 3 is 1.12 bits per heavy atom. The molecule has 0 aliphatic carbocycles. The molecule has 2 fully saturated rings. The Hall–Kier alpha value is -0.670. The number of sulfone groups is 2. The van der Waals surface area contributed by atoms with Crippen LogP contribution in [0.2, 0.25) is 0 Å². The molecule has 196 valence electrons. The van der Waals surface area contributed by atoms with E-state index in [0.29, 0.717) is 0 Å². The fourth-order valence-electron chi connectivity index (χ4n) is 3.21. The molecule has 4 atom stereocenters. The molecule has 4 unspecified atom stereocenters. The second-order valence-electron chi connectivity index (χ2n) is 8.49. The number of aliphatic hydroxyl groups is 2. The minimum atomic E-state index is -5.17. The van der Waals surface area contributed by atoms with Gasteiger partial charge in [-0.3, -0.25) is 30.7 Å². The van der Waals surface area contributed by atoms with Crippen LogP contribution in [-0.4, -0.2) is 98.6 Å². The van der Waals surface area contributed by atoms with Gasteiger partial charge in [-0.1, -0.05) is 0 Å². The van der Waals surface area contributed by atoms with Crippen molar-refractivity contribution in [2.45, 2.75) is 48.4 Å². The van der Waals surface area contributed by atoms with Crippen LogP contribution in [0.1, 0.15) is 27.7 Å². The number of nitrogens with two attached hydrogens (primary N) is 4. The molecule has 19 heteroatoms. The van der Waals surface area contributed by atoms with Gasteiger partial charge in [-0.2, -0.15) is 0 Å². The van der Waals surface area contributed by atoms with Crippen LogP contribution in [0.25, 0.3) is 0 Å². The van der Waals surface area contributed by atoms with Crippen LogP contribution in [0, 0.1) is 0 Å². The average molecular weight is 575 g/mol. The zero-order chi connectivity index (χ0) is 26.9. The monoisotopic (exact) mass is 574 g/mol. The van der Waals surface area contributed by atoms with Gasteiger partial charge < -0.3 is 19.3 Å². The van der Waals surface area contributed by atoms with Crippen LogP contribution in [0.15, 0.2) is 0 Å². The summed E-state index contributed by atoms with van der Waals surface area (Å²) in [7, 11) is -11.6. The third-order valence-corrected chi connectivity index (χ3v) is 11.9. The minimum absolute atomic E-state index is 0.0740. The Morgan fingerprint density at radius 1 is 0.788 bits per heavy atom. The average Bonchev–Trinajstić information content (AvgIpc) is 2.65. The van der Waals surface area contributed by atoms with E-state index >= 15 is 0 Å². The number of hydrogen-bond donors (Lipinski definition) is 6. The summed E-state index contributed by atoms with van der Waals surface area (Å²) >= 11 is 2.03. The molecule has 0 amide bonds. The SMILES string of the molecule is CC1(O)CS(=O)(=O)CC1(C)SC(N)=[NH2+].CC1(O)CS(=O)(=O)CC1(C)SC(N)=[NH2+].O=S(=O)([O-])[O-]. The Labute approximate surface area is 201 Å². The number of hydrogen-bond acceptors (Lipinski definition) is 12. The molecule has 0 spiro atoms. The quantitative estimate of drug-likeness (QED) is 0.0774. The normalized spacial score (nSPS) is 36.6. The van der Waals surface area contributed by atoms with E-state index in [9.17, 15) is 27.0 Å². The number of amidine groups is 2. The van der Waals surface area contributed by atoms with Crippen molar-refractivity contribution in [2.75, 3.05) is 23.0 Å². The van der Waals surface area contributed by atoms with Crippen LogP contribution in [0.5, 0.6) is 0 Å². The van der Waals surface area contributed by atoms with Gasteiger partial charge in [0.2, 0.25) is 0 Å². The molecule has 2 aliphatic heterocycles. The van der Waals surface area contributed by atoms with Gasteiger partial charge in [0.25, 0.3) is 10.3 Å². The molecule has 2 heterocycles. The van der Waals surface area contributed by atoms with Crippen LogP contribution in [-0.2, 0) is 30.1 Å². The van der Waals surface area contributed by atoms with Crippen molar-refractivity contribution in [3.05, 3.63) is 0 Å². The fraction of sp³-hybridized carbons (Fsp3) is 0.857. The molecule has 2 aliphatic rings. The van der Waals surface area contributed by atoms with E-state index in [1.807, 2.05) is 0 Å². The van der Waals surface area contributed by atoms with Crippen LogP contribution >= 0.6 is 23.5 Å².